The van der Waals surface area contributed by atoms with E-state index >= 15 is 0 Å². The summed E-state index contributed by atoms with van der Waals surface area (Å²) in [5.74, 6) is -1.89. The topological polar surface area (TPSA) is 149 Å². The second-order valence-electron chi connectivity index (χ2n) is 18.5. The largest absolute Gasteiger partial charge is 0.416 e. The third-order valence-electron chi connectivity index (χ3n) is 13.8. The van der Waals surface area contributed by atoms with Gasteiger partial charge in [0.15, 0.2) is 0 Å². The molecule has 10 rings (SSSR count). The minimum atomic E-state index is -4.61. The fourth-order valence-electron chi connectivity index (χ4n) is 10.4. The normalized spacial score (nSPS) is 25.1. The number of ether oxygens (including phenoxy) is 1. The van der Waals surface area contributed by atoms with Crippen LogP contribution >= 0.6 is 0 Å². The lowest BCUT2D eigenvalue weighted by Crippen LogP contribution is -2.52. The molecule has 9 heterocycles. The van der Waals surface area contributed by atoms with Gasteiger partial charge in [0.25, 0.3) is 5.92 Å². The molecule has 5 aromatic rings. The molecular weight excluding hydrogens is 891 g/mol. The van der Waals surface area contributed by atoms with Gasteiger partial charge in [-0.25, -0.2) is 33.7 Å². The van der Waals surface area contributed by atoms with E-state index in [4.69, 9.17) is 19.7 Å². The van der Waals surface area contributed by atoms with Crippen LogP contribution < -0.4 is 15.5 Å². The van der Waals surface area contributed by atoms with Crippen molar-refractivity contribution in [1.29, 1.82) is 0 Å². The number of hydrogen-bond acceptors (Lipinski definition) is 13. The summed E-state index contributed by atoms with van der Waals surface area (Å²) in [6, 6.07) is 9.40. The van der Waals surface area contributed by atoms with Crippen LogP contribution in [0.25, 0.3) is 0 Å². The van der Waals surface area contributed by atoms with Crippen molar-refractivity contribution in [1.82, 2.24) is 49.9 Å². The van der Waals surface area contributed by atoms with E-state index in [9.17, 15) is 35.1 Å². The molecule has 22 heteroatoms. The summed E-state index contributed by atoms with van der Waals surface area (Å²) in [6.07, 6.45) is -0.865. The Labute approximate surface area is 380 Å². The zero-order chi connectivity index (χ0) is 46.5. The molecule has 67 heavy (non-hydrogen) atoms. The van der Waals surface area contributed by atoms with Crippen LogP contribution in [0, 0.1) is 5.92 Å². The highest BCUT2D eigenvalue weighted by atomic mass is 19.4. The highest BCUT2D eigenvalue weighted by molar-refractivity contribution is 5.56. The summed E-state index contributed by atoms with van der Waals surface area (Å²) >= 11 is 0. The Hall–Kier alpha value is -5.61. The van der Waals surface area contributed by atoms with E-state index in [2.05, 4.69) is 45.6 Å². The van der Waals surface area contributed by atoms with Crippen molar-refractivity contribution in [3.8, 4) is 0 Å². The predicted octanol–water partition coefficient (Wildman–Crippen LogP) is 8.67. The Morgan fingerprint density at radius 2 is 1.42 bits per heavy atom. The van der Waals surface area contributed by atoms with Gasteiger partial charge in [0.05, 0.1) is 48.3 Å². The highest BCUT2D eigenvalue weighted by Gasteiger charge is 2.44. The third-order valence-corrected chi connectivity index (χ3v) is 13.8. The molecule has 4 saturated heterocycles. The van der Waals surface area contributed by atoms with E-state index in [-0.39, 0.29) is 66.1 Å². The number of H-pyrrole nitrogens is 1. The van der Waals surface area contributed by atoms with Crippen LogP contribution in [0.5, 0.6) is 0 Å². The third kappa shape index (κ3) is 10.3. The minimum Gasteiger partial charge on any atom is -0.378 e. The van der Waals surface area contributed by atoms with Gasteiger partial charge in [-0.3, -0.25) is 14.9 Å². The van der Waals surface area contributed by atoms with E-state index in [1.165, 1.54) is 4.90 Å². The number of anilines is 5. The summed E-state index contributed by atoms with van der Waals surface area (Å²) in [5.41, 5.74) is 0.556. The molecule has 356 valence electrons. The van der Waals surface area contributed by atoms with Gasteiger partial charge >= 0.3 is 12.4 Å². The van der Waals surface area contributed by atoms with Crippen molar-refractivity contribution >= 4 is 29.2 Å². The molecule has 0 bridgehead atoms. The second kappa shape index (κ2) is 18.1. The lowest BCUT2D eigenvalue weighted by atomic mass is 9.90. The molecule has 0 radical (unpaired) electrons. The first-order chi connectivity index (χ1) is 32.1. The Morgan fingerprint density at radius 1 is 0.716 bits per heavy atom. The molecule has 1 saturated carbocycles. The van der Waals surface area contributed by atoms with Crippen molar-refractivity contribution < 1.29 is 39.9 Å². The number of nitrogens with zero attached hydrogens (tertiary/aromatic N) is 10. The standard InChI is InChI=1S/C45H49F8N13O/c46-43(47)8-13-65(25-43)42-58-35(19-40(62-42)60-38-17-31(6-10-55-38)45(51,52)53)29-15-36(66(21-29)22-32-7-11-56-63-32)26-3-4-27(14-26)41-57-34(28-2-1-12-64(20-28)33-23-67-24-33)18-39(61-41)59-37-16-30(5-9-54-37)44(48,49)50/h5-7,9-11,16-19,26-29,33,36H,1-4,8,12-15,20-25H2,(H,56,63)(H,54,57,59,61)(H,55,58,60,62). The number of pyridine rings is 2. The van der Waals surface area contributed by atoms with Gasteiger partial charge in [-0.1, -0.05) is 0 Å². The van der Waals surface area contributed by atoms with Gasteiger partial charge in [-0.05, 0) is 81.3 Å². The molecule has 0 spiro atoms. The lowest BCUT2D eigenvalue weighted by Gasteiger charge is -2.42. The average molecular weight is 940 g/mol. The van der Waals surface area contributed by atoms with Gasteiger partial charge in [0.1, 0.15) is 29.1 Å². The van der Waals surface area contributed by atoms with E-state index in [0.717, 1.165) is 93.2 Å². The summed E-state index contributed by atoms with van der Waals surface area (Å²) in [5, 5.41) is 13.2. The smallest absolute Gasteiger partial charge is 0.378 e. The summed E-state index contributed by atoms with van der Waals surface area (Å²) < 4.78 is 117. The lowest BCUT2D eigenvalue weighted by molar-refractivity contribution is -0.138. The molecule has 4 aliphatic heterocycles. The Bertz CT molecular complexity index is 2520. The maximum absolute atomic E-state index is 14.5. The van der Waals surface area contributed by atoms with Crippen LogP contribution in [-0.4, -0.2) is 114 Å². The van der Waals surface area contributed by atoms with Crippen LogP contribution in [0.1, 0.15) is 96.7 Å². The maximum atomic E-state index is 14.5. The molecule has 0 amide bonds. The fourth-order valence-corrected chi connectivity index (χ4v) is 10.4. The number of alkyl halides is 8. The number of nitrogens with one attached hydrogen (secondary N) is 3. The Kier molecular flexibility index (Phi) is 12.2. The van der Waals surface area contributed by atoms with Crippen molar-refractivity contribution in [2.45, 2.75) is 99.6 Å². The molecule has 5 atom stereocenters. The van der Waals surface area contributed by atoms with Crippen LogP contribution in [0.4, 0.5) is 64.3 Å². The first-order valence-corrected chi connectivity index (χ1v) is 22.6. The van der Waals surface area contributed by atoms with Crippen molar-refractivity contribution in [2.75, 3.05) is 61.5 Å². The number of aromatic nitrogens is 8. The molecule has 1 aliphatic carbocycles. The number of likely N-dealkylation sites (tertiary alicyclic amines) is 2. The Morgan fingerprint density at radius 3 is 2.04 bits per heavy atom. The maximum Gasteiger partial charge on any atom is 0.416 e. The Balaban J connectivity index is 0.936. The number of piperidine rings is 1. The summed E-state index contributed by atoms with van der Waals surface area (Å²) in [4.78, 5) is 34.0. The average Bonchev–Trinajstić information content (AvgIpc) is 4.11. The van der Waals surface area contributed by atoms with Crippen LogP contribution in [0.2, 0.25) is 0 Å². The van der Waals surface area contributed by atoms with Gasteiger partial charge < -0.3 is 20.3 Å². The number of rotatable bonds is 12. The monoisotopic (exact) mass is 939 g/mol. The van der Waals surface area contributed by atoms with Crippen molar-refractivity contribution in [2.24, 2.45) is 5.92 Å². The predicted molar refractivity (Wildman–Crippen MR) is 229 cm³/mol. The quantitative estimate of drug-likeness (QED) is 0.103. The first-order valence-electron chi connectivity index (χ1n) is 22.6. The number of halogens is 8. The fraction of sp³-hybridized carbons (Fsp3) is 0.533. The van der Waals surface area contributed by atoms with E-state index in [0.29, 0.717) is 56.1 Å². The van der Waals surface area contributed by atoms with E-state index in [1.807, 2.05) is 12.1 Å². The highest BCUT2D eigenvalue weighted by Crippen LogP contribution is 2.47. The summed E-state index contributed by atoms with van der Waals surface area (Å²) in [7, 11) is 0. The number of hydrogen-bond donors (Lipinski definition) is 3. The van der Waals surface area contributed by atoms with Gasteiger partial charge in [0.2, 0.25) is 5.95 Å². The van der Waals surface area contributed by atoms with Gasteiger partial charge in [-0.2, -0.15) is 36.4 Å². The van der Waals surface area contributed by atoms with Crippen molar-refractivity contribution in [3.63, 3.8) is 0 Å². The zero-order valence-electron chi connectivity index (χ0n) is 36.2. The first kappa shape index (κ1) is 45.2. The van der Waals surface area contributed by atoms with Crippen LogP contribution in [0.3, 0.4) is 0 Å². The molecule has 0 aromatic carbocycles. The molecule has 5 fully saturated rings. The van der Waals surface area contributed by atoms with E-state index < -0.39 is 35.9 Å². The SMILES string of the molecule is FC1(F)CCN(c2nc(Nc3cc(C(F)(F)F)ccn3)cc(C3CC(C4CCC(c5nc(Nc6cc(C(F)(F)F)ccn6)cc(C6CCCN(C7COC7)C6)n5)C4)N(Cc4ccn[nH]4)C3)n2)C1. The molecular formula is C45H49F8N13O. The summed E-state index contributed by atoms with van der Waals surface area (Å²) in [6.45, 7) is 3.59. The van der Waals surface area contributed by atoms with Gasteiger partial charge in [-0.15, -0.1) is 0 Å². The number of aromatic amines is 1. The molecule has 14 nitrogen and oxygen atoms in total. The van der Waals surface area contributed by atoms with Crippen LogP contribution in [-0.2, 0) is 23.6 Å². The van der Waals surface area contributed by atoms with Crippen molar-refractivity contribution in [3.05, 3.63) is 95.1 Å². The second-order valence-corrected chi connectivity index (χ2v) is 18.5. The molecule has 3 N–H and O–H groups in total. The molecule has 5 aromatic heterocycles. The van der Waals surface area contributed by atoms with Crippen LogP contribution in [0.15, 0.2) is 61.1 Å². The molecule has 5 aliphatic rings. The van der Waals surface area contributed by atoms with Gasteiger partial charge in [0, 0.05) is 92.8 Å². The van der Waals surface area contributed by atoms with E-state index in [1.54, 1.807) is 12.3 Å². The molecule has 5 unspecified atom stereocenters. The zero-order valence-corrected chi connectivity index (χ0v) is 36.2. The minimum absolute atomic E-state index is 0.00580.